The van der Waals surface area contributed by atoms with Crippen LogP contribution in [0.5, 0.6) is 0 Å². The third-order valence-electron chi connectivity index (χ3n) is 2.54. The van der Waals surface area contributed by atoms with Crippen LogP contribution in [0.4, 0.5) is 11.4 Å². The van der Waals surface area contributed by atoms with Gasteiger partial charge < -0.3 is 10.6 Å². The first-order valence-electron chi connectivity index (χ1n) is 5.65. The molecule has 0 aromatic carbocycles. The first-order chi connectivity index (χ1) is 8.72. The Morgan fingerprint density at radius 3 is 2.56 bits per heavy atom. The van der Waals surface area contributed by atoms with Crippen LogP contribution in [0.25, 0.3) is 0 Å². The molecule has 0 aliphatic rings. The Balaban J connectivity index is 2.28. The molecule has 0 unspecified atom stereocenters. The van der Waals surface area contributed by atoms with Crippen LogP contribution in [0.2, 0.25) is 0 Å². The number of anilines is 2. The monoisotopic (exact) mass is 242 g/mol. The fourth-order valence-electron chi connectivity index (χ4n) is 1.64. The number of nitrogens with zero attached hydrogens (tertiary/aromatic N) is 3. The van der Waals surface area contributed by atoms with Crippen LogP contribution < -0.4 is 10.6 Å². The van der Waals surface area contributed by atoms with E-state index in [-0.39, 0.29) is 5.91 Å². The normalized spacial score (nSPS) is 10.1. The van der Waals surface area contributed by atoms with Gasteiger partial charge >= 0.3 is 0 Å². The van der Waals surface area contributed by atoms with E-state index in [1.165, 1.54) is 6.20 Å². The summed E-state index contributed by atoms with van der Waals surface area (Å²) in [4.78, 5) is 21.9. The maximum absolute atomic E-state index is 12.3. The number of hydrogen-bond donors (Lipinski definition) is 1. The summed E-state index contributed by atoms with van der Waals surface area (Å²) < 4.78 is 0. The van der Waals surface area contributed by atoms with Gasteiger partial charge in [-0.15, -0.1) is 0 Å². The molecule has 0 spiro atoms. The molecule has 0 aliphatic carbocycles. The Bertz CT molecular complexity index is 524. The number of aromatic nitrogens is 2. The van der Waals surface area contributed by atoms with E-state index in [0.29, 0.717) is 17.9 Å². The number of nitrogens with two attached hydrogens (primary N) is 1. The zero-order valence-corrected chi connectivity index (χ0v) is 10.1. The van der Waals surface area contributed by atoms with Crippen molar-refractivity contribution in [3.8, 4) is 0 Å². The molecule has 2 N–H and O–H groups in total. The van der Waals surface area contributed by atoms with Crippen molar-refractivity contribution in [1.82, 2.24) is 9.97 Å². The Hall–Kier alpha value is -2.43. The molecule has 2 heterocycles. The van der Waals surface area contributed by atoms with Gasteiger partial charge in [0.2, 0.25) is 0 Å². The van der Waals surface area contributed by atoms with E-state index in [1.807, 2.05) is 6.92 Å². The number of carbonyl (C=O) groups excluding carboxylic acids is 1. The van der Waals surface area contributed by atoms with E-state index in [9.17, 15) is 4.79 Å². The van der Waals surface area contributed by atoms with Crippen LogP contribution in [-0.2, 0) is 0 Å². The van der Waals surface area contributed by atoms with E-state index in [4.69, 9.17) is 5.73 Å². The molecule has 0 radical (unpaired) electrons. The Morgan fingerprint density at radius 2 is 2.00 bits per heavy atom. The van der Waals surface area contributed by atoms with Crippen molar-refractivity contribution < 1.29 is 4.79 Å². The van der Waals surface area contributed by atoms with Crippen molar-refractivity contribution in [2.24, 2.45) is 0 Å². The van der Waals surface area contributed by atoms with E-state index in [2.05, 4.69) is 9.97 Å². The van der Waals surface area contributed by atoms with Crippen molar-refractivity contribution in [3.63, 3.8) is 0 Å². The molecule has 2 aromatic rings. The van der Waals surface area contributed by atoms with E-state index >= 15 is 0 Å². The van der Waals surface area contributed by atoms with Gasteiger partial charge in [-0.05, 0) is 31.2 Å². The molecule has 0 atom stereocenters. The molecule has 1 amide bonds. The number of carbonyl (C=O) groups is 1. The Labute approximate surface area is 105 Å². The maximum atomic E-state index is 12.3. The predicted octanol–water partition coefficient (Wildman–Crippen LogP) is 1.73. The van der Waals surface area contributed by atoms with Gasteiger partial charge in [0.1, 0.15) is 5.69 Å². The lowest BCUT2D eigenvalue weighted by atomic mass is 10.2. The van der Waals surface area contributed by atoms with Gasteiger partial charge in [-0.1, -0.05) is 0 Å². The summed E-state index contributed by atoms with van der Waals surface area (Å²) in [6.45, 7) is 2.48. The van der Waals surface area contributed by atoms with Gasteiger partial charge in [-0.3, -0.25) is 9.78 Å². The van der Waals surface area contributed by atoms with Gasteiger partial charge in [0.05, 0.1) is 11.9 Å². The number of amides is 1. The SMILES string of the molecule is CCN(C(=O)c1ccc(N)cn1)c1ccncc1. The highest BCUT2D eigenvalue weighted by molar-refractivity contribution is 6.04. The summed E-state index contributed by atoms with van der Waals surface area (Å²) in [5, 5.41) is 0. The van der Waals surface area contributed by atoms with Crippen LogP contribution in [0.3, 0.4) is 0 Å². The predicted molar refractivity (Wildman–Crippen MR) is 70.2 cm³/mol. The molecule has 0 bridgehead atoms. The molecule has 0 fully saturated rings. The van der Waals surface area contributed by atoms with Crippen molar-refractivity contribution in [2.45, 2.75) is 6.92 Å². The van der Waals surface area contributed by atoms with Gasteiger partial charge in [0.25, 0.3) is 5.91 Å². The molecule has 2 aromatic heterocycles. The Morgan fingerprint density at radius 1 is 1.28 bits per heavy atom. The van der Waals surface area contributed by atoms with Gasteiger partial charge in [0, 0.05) is 24.6 Å². The molecule has 0 saturated carbocycles. The summed E-state index contributed by atoms with van der Waals surface area (Å²) in [6, 6.07) is 6.87. The highest BCUT2D eigenvalue weighted by Gasteiger charge is 2.16. The van der Waals surface area contributed by atoms with Crippen LogP contribution in [0, 0.1) is 0 Å². The number of rotatable bonds is 3. The van der Waals surface area contributed by atoms with Gasteiger partial charge in [-0.2, -0.15) is 0 Å². The minimum Gasteiger partial charge on any atom is -0.397 e. The first-order valence-corrected chi connectivity index (χ1v) is 5.65. The average Bonchev–Trinajstić information content (AvgIpc) is 2.41. The minimum absolute atomic E-state index is 0.149. The molecule has 0 saturated heterocycles. The fourth-order valence-corrected chi connectivity index (χ4v) is 1.64. The average molecular weight is 242 g/mol. The molecule has 2 rings (SSSR count). The third kappa shape index (κ3) is 2.45. The molecular formula is C13H14N4O. The van der Waals surface area contributed by atoms with Crippen molar-refractivity contribution >= 4 is 17.3 Å². The van der Waals surface area contributed by atoms with Crippen LogP contribution in [0.1, 0.15) is 17.4 Å². The number of hydrogen-bond acceptors (Lipinski definition) is 4. The maximum Gasteiger partial charge on any atom is 0.276 e. The van der Waals surface area contributed by atoms with Gasteiger partial charge in [0.15, 0.2) is 0 Å². The van der Waals surface area contributed by atoms with Crippen LogP contribution >= 0.6 is 0 Å². The highest BCUT2D eigenvalue weighted by atomic mass is 16.2. The van der Waals surface area contributed by atoms with Crippen molar-refractivity contribution in [1.29, 1.82) is 0 Å². The minimum atomic E-state index is -0.149. The second-order valence-corrected chi connectivity index (χ2v) is 3.73. The highest BCUT2D eigenvalue weighted by Crippen LogP contribution is 2.15. The lowest BCUT2D eigenvalue weighted by molar-refractivity contribution is 0.0983. The summed E-state index contributed by atoms with van der Waals surface area (Å²) in [6.07, 6.45) is 4.79. The first kappa shape index (κ1) is 12.0. The standard InChI is InChI=1S/C13H14N4O/c1-2-17(11-5-7-15-8-6-11)13(18)12-4-3-10(14)9-16-12/h3-9H,2,14H2,1H3. The molecule has 18 heavy (non-hydrogen) atoms. The number of pyridine rings is 2. The molecule has 0 aliphatic heterocycles. The van der Waals surface area contributed by atoms with Crippen molar-refractivity contribution in [2.75, 3.05) is 17.2 Å². The number of nitrogen functional groups attached to an aromatic ring is 1. The third-order valence-corrected chi connectivity index (χ3v) is 2.54. The van der Waals surface area contributed by atoms with E-state index in [0.717, 1.165) is 5.69 Å². The lowest BCUT2D eigenvalue weighted by Crippen LogP contribution is -2.31. The smallest absolute Gasteiger partial charge is 0.276 e. The summed E-state index contributed by atoms with van der Waals surface area (Å²) in [5.74, 6) is -0.149. The largest absolute Gasteiger partial charge is 0.397 e. The molecule has 92 valence electrons. The van der Waals surface area contributed by atoms with Crippen LogP contribution in [0.15, 0.2) is 42.9 Å². The summed E-state index contributed by atoms with van der Waals surface area (Å²) in [5.41, 5.74) is 7.27. The van der Waals surface area contributed by atoms with Crippen molar-refractivity contribution in [3.05, 3.63) is 48.5 Å². The quantitative estimate of drug-likeness (QED) is 0.889. The molecule has 5 nitrogen and oxygen atoms in total. The van der Waals surface area contributed by atoms with E-state index < -0.39 is 0 Å². The summed E-state index contributed by atoms with van der Waals surface area (Å²) >= 11 is 0. The Kier molecular flexibility index (Phi) is 3.52. The van der Waals surface area contributed by atoms with Gasteiger partial charge in [-0.25, -0.2) is 4.98 Å². The summed E-state index contributed by atoms with van der Waals surface area (Å²) in [7, 11) is 0. The topological polar surface area (TPSA) is 72.1 Å². The van der Waals surface area contributed by atoms with Crippen LogP contribution in [-0.4, -0.2) is 22.4 Å². The molecule has 5 heteroatoms. The second kappa shape index (κ2) is 5.27. The lowest BCUT2D eigenvalue weighted by Gasteiger charge is -2.20. The second-order valence-electron chi connectivity index (χ2n) is 3.73. The zero-order valence-electron chi connectivity index (χ0n) is 10.1. The molecular weight excluding hydrogens is 228 g/mol. The fraction of sp³-hybridized carbons (Fsp3) is 0.154. The zero-order chi connectivity index (χ0) is 13.0. The van der Waals surface area contributed by atoms with E-state index in [1.54, 1.807) is 41.6 Å².